The molecule has 0 fully saturated rings. The molecule has 5 heteroatoms. The van der Waals surface area contributed by atoms with Gasteiger partial charge in [0.05, 0.1) is 12.7 Å². The normalized spacial score (nSPS) is 9.82. The molecule has 22 heavy (non-hydrogen) atoms. The summed E-state index contributed by atoms with van der Waals surface area (Å²) in [6, 6.07) is 12.8. The molecule has 1 amide bonds. The molecular formula is C17H17N3O2. The second-order valence-electron chi connectivity index (χ2n) is 4.78. The summed E-state index contributed by atoms with van der Waals surface area (Å²) in [5.41, 5.74) is 1.66. The van der Waals surface area contributed by atoms with Crippen LogP contribution in [0.15, 0.2) is 42.6 Å². The van der Waals surface area contributed by atoms with Crippen molar-refractivity contribution in [1.29, 1.82) is 5.26 Å². The van der Waals surface area contributed by atoms with E-state index in [1.54, 1.807) is 30.5 Å². The predicted molar refractivity (Wildman–Crippen MR) is 83.7 cm³/mol. The highest BCUT2D eigenvalue weighted by Crippen LogP contribution is 2.22. The van der Waals surface area contributed by atoms with Crippen molar-refractivity contribution in [3.8, 4) is 11.8 Å². The minimum Gasteiger partial charge on any atom is -0.490 e. The first-order valence-corrected chi connectivity index (χ1v) is 7.03. The average molecular weight is 295 g/mol. The zero-order chi connectivity index (χ0) is 15.8. The van der Waals surface area contributed by atoms with E-state index >= 15 is 0 Å². The lowest BCUT2D eigenvalue weighted by Gasteiger charge is -2.11. The van der Waals surface area contributed by atoms with Crippen LogP contribution in [0.2, 0.25) is 0 Å². The number of amides is 1. The Morgan fingerprint density at radius 2 is 2.09 bits per heavy atom. The summed E-state index contributed by atoms with van der Waals surface area (Å²) >= 11 is 0. The molecule has 0 unspecified atom stereocenters. The molecule has 2 rings (SSSR count). The predicted octanol–water partition coefficient (Wildman–Crippen LogP) is 3.32. The monoisotopic (exact) mass is 295 g/mol. The second-order valence-corrected chi connectivity index (χ2v) is 4.78. The Balaban J connectivity index is 2.04. The number of anilines is 1. The van der Waals surface area contributed by atoms with Crippen LogP contribution in [0.4, 0.5) is 5.82 Å². The van der Waals surface area contributed by atoms with Gasteiger partial charge in [0, 0.05) is 18.2 Å². The Morgan fingerprint density at radius 1 is 1.32 bits per heavy atom. The first-order chi connectivity index (χ1) is 10.7. The van der Waals surface area contributed by atoms with Crippen LogP contribution < -0.4 is 10.1 Å². The molecule has 0 atom stereocenters. The molecule has 0 saturated heterocycles. The summed E-state index contributed by atoms with van der Waals surface area (Å²) in [5.74, 6) is 0.645. The summed E-state index contributed by atoms with van der Waals surface area (Å²) < 4.78 is 5.57. The zero-order valence-corrected chi connectivity index (χ0v) is 12.4. The third kappa shape index (κ3) is 4.32. The van der Waals surface area contributed by atoms with Gasteiger partial charge in [0.1, 0.15) is 0 Å². The average Bonchev–Trinajstić information content (AvgIpc) is 2.53. The van der Waals surface area contributed by atoms with Crippen LogP contribution in [0.3, 0.4) is 0 Å². The lowest BCUT2D eigenvalue weighted by Crippen LogP contribution is -2.14. The topological polar surface area (TPSA) is 75.0 Å². The van der Waals surface area contributed by atoms with E-state index in [0.29, 0.717) is 36.6 Å². The quantitative estimate of drug-likeness (QED) is 0.829. The number of carbonyl (C=O) groups excluding carboxylic acids is 1. The van der Waals surface area contributed by atoms with Crippen molar-refractivity contribution in [2.24, 2.45) is 0 Å². The van der Waals surface area contributed by atoms with Crippen molar-refractivity contribution in [1.82, 2.24) is 4.98 Å². The van der Waals surface area contributed by atoms with Gasteiger partial charge in [0.25, 0.3) is 5.91 Å². The van der Waals surface area contributed by atoms with E-state index in [4.69, 9.17) is 10.00 Å². The van der Waals surface area contributed by atoms with Gasteiger partial charge in [-0.05, 0) is 37.6 Å². The van der Waals surface area contributed by atoms with Crippen LogP contribution in [0.25, 0.3) is 0 Å². The SMILES string of the molecule is Cc1ccc(C(=O)Nc2ncccc2OCCCC#N)cc1. The molecule has 0 bridgehead atoms. The standard InChI is InChI=1S/C17H17N3O2/c1-13-6-8-14(9-7-13)17(21)20-16-15(5-4-11-19-16)22-12-3-2-10-18/h4-9,11H,2-3,12H2,1H3,(H,19,20,21). The molecule has 0 aliphatic carbocycles. The van der Waals surface area contributed by atoms with Crippen molar-refractivity contribution < 1.29 is 9.53 Å². The smallest absolute Gasteiger partial charge is 0.256 e. The Hall–Kier alpha value is -2.87. The van der Waals surface area contributed by atoms with Crippen LogP contribution in [-0.2, 0) is 0 Å². The molecule has 2 aromatic rings. The number of hydrogen-bond donors (Lipinski definition) is 1. The van der Waals surface area contributed by atoms with E-state index in [1.165, 1.54) is 0 Å². The van der Waals surface area contributed by atoms with Gasteiger partial charge in [-0.3, -0.25) is 4.79 Å². The molecule has 0 spiro atoms. The summed E-state index contributed by atoms with van der Waals surface area (Å²) in [4.78, 5) is 16.3. The molecule has 0 aliphatic heterocycles. The van der Waals surface area contributed by atoms with Gasteiger partial charge >= 0.3 is 0 Å². The number of carbonyl (C=O) groups is 1. The third-order valence-electron chi connectivity index (χ3n) is 3.01. The van der Waals surface area contributed by atoms with E-state index in [9.17, 15) is 4.79 Å². The number of rotatable bonds is 6. The minimum atomic E-state index is -0.236. The fourth-order valence-electron chi connectivity index (χ4n) is 1.82. The van der Waals surface area contributed by atoms with Crippen molar-refractivity contribution in [3.63, 3.8) is 0 Å². The van der Waals surface area contributed by atoms with Gasteiger partial charge in [0.2, 0.25) is 0 Å². The number of nitriles is 1. The molecular weight excluding hydrogens is 278 g/mol. The van der Waals surface area contributed by atoms with Gasteiger partial charge in [-0.15, -0.1) is 0 Å². The lowest BCUT2D eigenvalue weighted by atomic mass is 10.1. The second kappa shape index (κ2) is 7.79. The molecule has 0 aliphatic rings. The third-order valence-corrected chi connectivity index (χ3v) is 3.01. The number of pyridine rings is 1. The number of benzene rings is 1. The number of aryl methyl sites for hydroxylation is 1. The van der Waals surface area contributed by atoms with E-state index in [-0.39, 0.29) is 5.91 Å². The number of hydrogen-bond acceptors (Lipinski definition) is 4. The van der Waals surface area contributed by atoms with E-state index < -0.39 is 0 Å². The van der Waals surface area contributed by atoms with Crippen molar-refractivity contribution in [2.75, 3.05) is 11.9 Å². The number of ether oxygens (including phenoxy) is 1. The number of nitrogens with zero attached hydrogens (tertiary/aromatic N) is 2. The molecule has 0 saturated carbocycles. The summed E-state index contributed by atoms with van der Waals surface area (Å²) in [6.45, 7) is 2.38. The molecule has 1 N–H and O–H groups in total. The van der Waals surface area contributed by atoms with E-state index in [0.717, 1.165) is 5.56 Å². The van der Waals surface area contributed by atoms with Gasteiger partial charge in [0.15, 0.2) is 11.6 Å². The van der Waals surface area contributed by atoms with E-state index in [2.05, 4.69) is 16.4 Å². The largest absolute Gasteiger partial charge is 0.490 e. The lowest BCUT2D eigenvalue weighted by molar-refractivity contribution is 0.102. The Morgan fingerprint density at radius 3 is 2.82 bits per heavy atom. The number of nitrogens with one attached hydrogen (secondary N) is 1. The first kappa shape index (κ1) is 15.5. The Bertz CT molecular complexity index is 675. The molecule has 0 radical (unpaired) electrons. The first-order valence-electron chi connectivity index (χ1n) is 7.03. The van der Waals surface area contributed by atoms with Gasteiger partial charge in [-0.1, -0.05) is 17.7 Å². The number of aromatic nitrogens is 1. The van der Waals surface area contributed by atoms with Crippen LogP contribution in [0.1, 0.15) is 28.8 Å². The van der Waals surface area contributed by atoms with Crippen molar-refractivity contribution in [3.05, 3.63) is 53.7 Å². The Kier molecular flexibility index (Phi) is 5.50. The summed E-state index contributed by atoms with van der Waals surface area (Å²) in [5, 5.41) is 11.3. The van der Waals surface area contributed by atoms with Gasteiger partial charge in [-0.25, -0.2) is 4.98 Å². The highest BCUT2D eigenvalue weighted by molar-refractivity contribution is 6.04. The summed E-state index contributed by atoms with van der Waals surface area (Å²) in [7, 11) is 0. The fraction of sp³-hybridized carbons (Fsp3) is 0.235. The maximum Gasteiger partial charge on any atom is 0.256 e. The van der Waals surface area contributed by atoms with Crippen LogP contribution in [0.5, 0.6) is 5.75 Å². The van der Waals surface area contributed by atoms with Crippen molar-refractivity contribution in [2.45, 2.75) is 19.8 Å². The van der Waals surface area contributed by atoms with Crippen LogP contribution >= 0.6 is 0 Å². The minimum absolute atomic E-state index is 0.236. The highest BCUT2D eigenvalue weighted by atomic mass is 16.5. The maximum atomic E-state index is 12.2. The molecule has 1 aromatic heterocycles. The van der Waals surface area contributed by atoms with E-state index in [1.807, 2.05) is 19.1 Å². The van der Waals surface area contributed by atoms with Crippen LogP contribution in [-0.4, -0.2) is 17.5 Å². The molecule has 112 valence electrons. The summed E-state index contributed by atoms with van der Waals surface area (Å²) in [6.07, 6.45) is 2.66. The maximum absolute atomic E-state index is 12.2. The Labute approximate surface area is 129 Å². The number of unbranched alkanes of at least 4 members (excludes halogenated alkanes) is 1. The highest BCUT2D eigenvalue weighted by Gasteiger charge is 2.10. The van der Waals surface area contributed by atoms with Crippen LogP contribution in [0, 0.1) is 18.3 Å². The zero-order valence-electron chi connectivity index (χ0n) is 12.4. The van der Waals surface area contributed by atoms with Crippen molar-refractivity contribution >= 4 is 11.7 Å². The molecule has 1 heterocycles. The molecule has 1 aromatic carbocycles. The van der Waals surface area contributed by atoms with Gasteiger partial charge < -0.3 is 10.1 Å². The molecule has 5 nitrogen and oxygen atoms in total. The fourth-order valence-corrected chi connectivity index (χ4v) is 1.82. The van der Waals surface area contributed by atoms with Gasteiger partial charge in [-0.2, -0.15) is 5.26 Å².